The molecule has 17 heavy (non-hydrogen) atoms. The quantitative estimate of drug-likeness (QED) is 0.665. The zero-order chi connectivity index (χ0) is 12.3. The maximum absolute atomic E-state index is 5.92. The minimum absolute atomic E-state index is 0.458. The van der Waals surface area contributed by atoms with Crippen molar-refractivity contribution >= 4 is 17.0 Å². The number of hydrogen-bond donors (Lipinski definition) is 1. The number of aromatic nitrogens is 1. The van der Waals surface area contributed by atoms with Gasteiger partial charge in [0.2, 0.25) is 0 Å². The van der Waals surface area contributed by atoms with Crippen LogP contribution in [0.4, 0.5) is 5.69 Å². The monoisotopic (exact) mass is 246 g/mol. The lowest BCUT2D eigenvalue weighted by Gasteiger charge is -2.07. The fraction of sp³-hybridized carbons (Fsp3) is 0.154. The highest BCUT2D eigenvalue weighted by Gasteiger charge is 2.06. The van der Waals surface area contributed by atoms with Crippen LogP contribution in [0.1, 0.15) is 4.88 Å². The van der Waals surface area contributed by atoms with E-state index in [9.17, 15) is 0 Å². The number of anilines is 1. The third-order valence-corrected chi connectivity index (χ3v) is 3.20. The van der Waals surface area contributed by atoms with Crippen molar-refractivity contribution in [1.82, 2.24) is 4.98 Å². The molecule has 0 fully saturated rings. The molecule has 3 nitrogen and oxygen atoms in total. The fourth-order valence-electron chi connectivity index (χ4n) is 1.45. The van der Waals surface area contributed by atoms with Crippen molar-refractivity contribution in [1.29, 1.82) is 0 Å². The maximum Gasteiger partial charge on any atom is 0.142 e. The number of nitrogens with two attached hydrogens (primary N) is 1. The van der Waals surface area contributed by atoms with Crippen molar-refractivity contribution in [2.75, 3.05) is 12.3 Å². The number of hydrogen-bond acceptors (Lipinski definition) is 4. The first-order chi connectivity index (χ1) is 8.20. The summed E-state index contributed by atoms with van der Waals surface area (Å²) in [5.74, 6) is 0.682. The van der Waals surface area contributed by atoms with Gasteiger partial charge in [-0.2, -0.15) is 0 Å². The number of nitrogen functional groups attached to an aromatic ring is 1. The molecule has 1 aromatic carbocycles. The van der Waals surface area contributed by atoms with Crippen LogP contribution in [-0.2, 0) is 0 Å². The molecule has 0 aliphatic carbocycles. The zero-order valence-corrected chi connectivity index (χ0v) is 10.5. The topological polar surface area (TPSA) is 48.1 Å². The van der Waals surface area contributed by atoms with Gasteiger partial charge >= 0.3 is 0 Å². The van der Waals surface area contributed by atoms with Gasteiger partial charge in [0, 0.05) is 16.6 Å². The van der Waals surface area contributed by atoms with Crippen molar-refractivity contribution in [3.8, 4) is 16.3 Å². The van der Waals surface area contributed by atoms with Crippen molar-refractivity contribution in [3.05, 3.63) is 41.9 Å². The molecule has 2 N–H and O–H groups in total. The molecular weight excluding hydrogens is 232 g/mol. The zero-order valence-electron chi connectivity index (χ0n) is 9.64. The normalized spacial score (nSPS) is 10.2. The molecule has 0 saturated carbocycles. The van der Waals surface area contributed by atoms with Crippen LogP contribution in [0, 0.1) is 6.92 Å². The van der Waals surface area contributed by atoms with Gasteiger partial charge in [0.1, 0.15) is 17.4 Å². The minimum atomic E-state index is 0.458. The highest BCUT2D eigenvalue weighted by molar-refractivity contribution is 7.14. The molecule has 2 rings (SSSR count). The maximum atomic E-state index is 5.92. The Hall–Kier alpha value is -1.81. The summed E-state index contributed by atoms with van der Waals surface area (Å²) in [6.45, 7) is 6.09. The molecule has 1 aromatic heterocycles. The summed E-state index contributed by atoms with van der Waals surface area (Å²) in [6.07, 6.45) is 3.55. The molecule has 2 aromatic rings. The summed E-state index contributed by atoms with van der Waals surface area (Å²) < 4.78 is 5.42. The van der Waals surface area contributed by atoms with Crippen molar-refractivity contribution in [2.45, 2.75) is 6.92 Å². The van der Waals surface area contributed by atoms with Gasteiger partial charge in [0.05, 0.1) is 5.69 Å². The second kappa shape index (κ2) is 5.01. The number of nitrogens with zero attached hydrogens (tertiary/aromatic N) is 1. The Morgan fingerprint density at radius 2 is 2.35 bits per heavy atom. The van der Waals surface area contributed by atoms with Gasteiger partial charge in [0.25, 0.3) is 0 Å². The van der Waals surface area contributed by atoms with E-state index in [2.05, 4.69) is 11.6 Å². The van der Waals surface area contributed by atoms with Gasteiger partial charge in [0.15, 0.2) is 0 Å². The third-order valence-electron chi connectivity index (χ3n) is 2.23. The molecule has 0 unspecified atom stereocenters. The van der Waals surface area contributed by atoms with Crippen LogP contribution in [0.15, 0.2) is 37.1 Å². The molecular formula is C13H14N2OS. The molecule has 4 heteroatoms. The molecule has 0 spiro atoms. The van der Waals surface area contributed by atoms with E-state index in [0.717, 1.165) is 10.6 Å². The van der Waals surface area contributed by atoms with Gasteiger partial charge < -0.3 is 10.5 Å². The van der Waals surface area contributed by atoms with Gasteiger partial charge in [-0.25, -0.2) is 4.98 Å². The molecule has 0 aliphatic rings. The van der Waals surface area contributed by atoms with Crippen molar-refractivity contribution in [2.24, 2.45) is 0 Å². The Bertz CT molecular complexity index is 534. The van der Waals surface area contributed by atoms with Crippen LogP contribution >= 0.6 is 11.3 Å². The van der Waals surface area contributed by atoms with E-state index < -0.39 is 0 Å². The predicted octanol–water partition coefficient (Wildman–Crippen LogP) is 3.27. The summed E-state index contributed by atoms with van der Waals surface area (Å²) in [5.41, 5.74) is 7.57. The first kappa shape index (κ1) is 11.7. The second-order valence-corrected chi connectivity index (χ2v) is 4.86. The first-order valence-corrected chi connectivity index (χ1v) is 6.08. The lowest BCUT2D eigenvalue weighted by molar-refractivity contribution is 0.365. The molecule has 0 saturated heterocycles. The summed E-state index contributed by atoms with van der Waals surface area (Å²) in [6, 6.07) is 5.72. The number of benzene rings is 1. The Labute approximate surface area is 105 Å². The van der Waals surface area contributed by atoms with Crippen molar-refractivity contribution < 1.29 is 4.74 Å². The molecule has 0 amide bonds. The van der Waals surface area contributed by atoms with E-state index >= 15 is 0 Å². The Kier molecular flexibility index (Phi) is 3.44. The Balaban J connectivity index is 2.27. The van der Waals surface area contributed by atoms with Crippen LogP contribution in [0.25, 0.3) is 10.6 Å². The number of thiazole rings is 1. The fourth-order valence-corrected chi connectivity index (χ4v) is 2.21. The summed E-state index contributed by atoms with van der Waals surface area (Å²) in [7, 11) is 0. The number of aryl methyl sites for hydroxylation is 1. The van der Waals surface area contributed by atoms with Crippen LogP contribution < -0.4 is 10.5 Å². The van der Waals surface area contributed by atoms with Gasteiger partial charge in [-0.3, -0.25) is 0 Å². The third kappa shape index (κ3) is 2.65. The highest BCUT2D eigenvalue weighted by Crippen LogP contribution is 2.30. The largest absolute Gasteiger partial charge is 0.487 e. The van der Waals surface area contributed by atoms with E-state index in [4.69, 9.17) is 10.5 Å². The van der Waals surface area contributed by atoms with Gasteiger partial charge in [-0.1, -0.05) is 12.7 Å². The standard InChI is InChI=1S/C13H14N2OS/c1-3-6-16-12-5-4-10(7-11(12)14)13-15-8-9(2)17-13/h3-5,7-8H,1,6,14H2,2H3. The number of ether oxygens (including phenoxy) is 1. The van der Waals surface area contributed by atoms with Gasteiger partial charge in [-0.05, 0) is 25.1 Å². The van der Waals surface area contributed by atoms with Gasteiger partial charge in [-0.15, -0.1) is 11.3 Å². The summed E-state index contributed by atoms with van der Waals surface area (Å²) >= 11 is 1.65. The molecule has 1 heterocycles. The lowest BCUT2D eigenvalue weighted by atomic mass is 10.2. The average Bonchev–Trinajstić information content (AvgIpc) is 2.74. The van der Waals surface area contributed by atoms with Crippen molar-refractivity contribution in [3.63, 3.8) is 0 Å². The second-order valence-electron chi connectivity index (χ2n) is 3.63. The van der Waals surface area contributed by atoms with E-state index in [1.165, 1.54) is 4.88 Å². The van der Waals surface area contributed by atoms with Crippen LogP contribution in [0.5, 0.6) is 5.75 Å². The SMILES string of the molecule is C=CCOc1ccc(-c2ncc(C)s2)cc1N. The van der Waals surface area contributed by atoms with E-state index in [1.54, 1.807) is 17.4 Å². The Morgan fingerprint density at radius 3 is 2.94 bits per heavy atom. The smallest absolute Gasteiger partial charge is 0.142 e. The summed E-state index contributed by atoms with van der Waals surface area (Å²) in [5, 5.41) is 0.976. The van der Waals surface area contributed by atoms with Crippen LogP contribution in [-0.4, -0.2) is 11.6 Å². The van der Waals surface area contributed by atoms with Crippen LogP contribution in [0.3, 0.4) is 0 Å². The summed E-state index contributed by atoms with van der Waals surface area (Å²) in [4.78, 5) is 5.51. The Morgan fingerprint density at radius 1 is 1.53 bits per heavy atom. The lowest BCUT2D eigenvalue weighted by Crippen LogP contribution is -1.97. The molecule has 0 bridgehead atoms. The first-order valence-electron chi connectivity index (χ1n) is 5.26. The van der Waals surface area contributed by atoms with E-state index in [0.29, 0.717) is 18.0 Å². The van der Waals surface area contributed by atoms with Crippen LogP contribution in [0.2, 0.25) is 0 Å². The van der Waals surface area contributed by atoms with E-state index in [-0.39, 0.29) is 0 Å². The molecule has 0 radical (unpaired) electrons. The highest BCUT2D eigenvalue weighted by atomic mass is 32.1. The average molecular weight is 246 g/mol. The predicted molar refractivity (Wildman–Crippen MR) is 72.4 cm³/mol. The number of rotatable bonds is 4. The molecule has 88 valence electrons. The minimum Gasteiger partial charge on any atom is -0.487 e. The molecule has 0 aliphatic heterocycles. The van der Waals surface area contributed by atoms with E-state index in [1.807, 2.05) is 31.3 Å². The molecule has 0 atom stereocenters.